The van der Waals surface area contributed by atoms with Gasteiger partial charge in [0.25, 0.3) is 10.1 Å². The lowest BCUT2D eigenvalue weighted by Crippen LogP contribution is -2.32. The second-order valence-electron chi connectivity index (χ2n) is 14.0. The van der Waals surface area contributed by atoms with Crippen LogP contribution in [0.15, 0.2) is 93.2 Å². The lowest BCUT2D eigenvalue weighted by atomic mass is 9.89. The smallest absolute Gasteiger partial charge is 0.259 e. The highest BCUT2D eigenvalue weighted by Gasteiger charge is 2.31. The fourth-order valence-electron chi connectivity index (χ4n) is 5.08. The first-order chi connectivity index (χ1) is 20.9. The molecule has 256 valence electrons. The minimum Gasteiger partial charge on any atom is -0.259 e. The quantitative estimate of drug-likeness (QED) is 0.0873. The predicted molar refractivity (Wildman–Crippen MR) is 201 cm³/mol. The molecule has 0 aromatic carbocycles. The van der Waals surface area contributed by atoms with E-state index in [0.717, 1.165) is 69.8 Å². The normalized spacial score (nSPS) is 15.1. The molecule has 45 heavy (non-hydrogen) atoms. The lowest BCUT2D eigenvalue weighted by Gasteiger charge is -2.29. The molecule has 0 aliphatic heterocycles. The third-order valence-electron chi connectivity index (χ3n) is 7.76. The van der Waals surface area contributed by atoms with Crippen LogP contribution in [-0.2, 0) is 14.3 Å². The zero-order valence-electron chi connectivity index (χ0n) is 31.2. The molecule has 3 nitrogen and oxygen atoms in total. The third kappa shape index (κ3) is 25.7. The van der Waals surface area contributed by atoms with Crippen LogP contribution in [0, 0.1) is 0 Å². The molecule has 0 unspecified atom stereocenters. The van der Waals surface area contributed by atoms with Gasteiger partial charge in [-0.2, -0.15) is 8.42 Å². The van der Waals surface area contributed by atoms with E-state index in [9.17, 15) is 8.42 Å². The van der Waals surface area contributed by atoms with Crippen molar-refractivity contribution >= 4 is 10.1 Å². The van der Waals surface area contributed by atoms with Gasteiger partial charge < -0.3 is 0 Å². The van der Waals surface area contributed by atoms with Gasteiger partial charge in [-0.25, -0.2) is 0 Å². The molecule has 0 aromatic rings. The van der Waals surface area contributed by atoms with Crippen LogP contribution in [0.1, 0.15) is 153 Å². The Morgan fingerprint density at radius 3 is 1.07 bits per heavy atom. The standard InChI is InChI=1S/C41H68O3S/c1-33(2)18-13-21-36(7)23-16-25-38(9)28-30-41(44-45(12,42)43,32-40(11)27-15-20-35(5)6)31-29-39(10)26-17-24-37(8)22-14-19-34(3)4/h18-20,23-24,28-29,32H,13-17,21-22,25-27,30-31H2,1-12H3. The van der Waals surface area contributed by atoms with E-state index in [1.165, 1.54) is 45.3 Å². The van der Waals surface area contributed by atoms with Gasteiger partial charge in [-0.05, 0) is 140 Å². The molecule has 0 bridgehead atoms. The van der Waals surface area contributed by atoms with Crippen molar-refractivity contribution in [2.45, 2.75) is 159 Å². The number of rotatable bonds is 22. The van der Waals surface area contributed by atoms with Crippen LogP contribution in [0.5, 0.6) is 0 Å². The minimum absolute atomic E-state index is 0.516. The molecule has 0 aliphatic rings. The molecule has 4 heteroatoms. The van der Waals surface area contributed by atoms with E-state index >= 15 is 0 Å². The highest BCUT2D eigenvalue weighted by molar-refractivity contribution is 7.86. The van der Waals surface area contributed by atoms with Crippen molar-refractivity contribution in [3.63, 3.8) is 0 Å². The van der Waals surface area contributed by atoms with Crippen molar-refractivity contribution < 1.29 is 12.6 Å². The molecule has 0 spiro atoms. The van der Waals surface area contributed by atoms with Gasteiger partial charge >= 0.3 is 0 Å². The Bertz CT molecular complexity index is 1170. The summed E-state index contributed by atoms with van der Waals surface area (Å²) in [7, 11) is -3.69. The van der Waals surface area contributed by atoms with Crippen molar-refractivity contribution in [2.75, 3.05) is 6.26 Å². The maximum absolute atomic E-state index is 12.6. The highest BCUT2D eigenvalue weighted by Crippen LogP contribution is 2.31. The van der Waals surface area contributed by atoms with Crippen molar-refractivity contribution in [2.24, 2.45) is 0 Å². The van der Waals surface area contributed by atoms with Crippen LogP contribution < -0.4 is 0 Å². The van der Waals surface area contributed by atoms with E-state index in [2.05, 4.69) is 125 Å². The molecular formula is C41H68O3S. The summed E-state index contributed by atoms with van der Waals surface area (Å²) < 4.78 is 31.3. The van der Waals surface area contributed by atoms with Crippen LogP contribution in [-0.4, -0.2) is 20.3 Å². The van der Waals surface area contributed by atoms with Gasteiger partial charge in [-0.3, -0.25) is 4.18 Å². The van der Waals surface area contributed by atoms with Crippen LogP contribution in [0.3, 0.4) is 0 Å². The van der Waals surface area contributed by atoms with Crippen LogP contribution in [0.4, 0.5) is 0 Å². The maximum Gasteiger partial charge on any atom is 0.265 e. The monoisotopic (exact) mass is 640 g/mol. The Hall–Kier alpha value is -2.17. The van der Waals surface area contributed by atoms with Crippen LogP contribution in [0.2, 0.25) is 0 Å². The Morgan fingerprint density at radius 2 is 0.756 bits per heavy atom. The SMILES string of the molecule is CC(C)=CCCC(C)=CCCC(C)=CCC(C=C(C)CCC=C(C)C)(CC=C(C)CCC=C(C)CCC=C(C)C)OS(C)(=O)=O. The molecule has 0 N–H and O–H groups in total. The summed E-state index contributed by atoms with van der Waals surface area (Å²) in [5.41, 5.74) is 9.59. The fourth-order valence-corrected chi connectivity index (χ4v) is 5.86. The van der Waals surface area contributed by atoms with Gasteiger partial charge in [-0.1, -0.05) is 93.2 Å². The molecule has 0 heterocycles. The average molecular weight is 641 g/mol. The highest BCUT2D eigenvalue weighted by atomic mass is 32.2. The second-order valence-corrected chi connectivity index (χ2v) is 15.6. The summed E-state index contributed by atoms with van der Waals surface area (Å²) in [5, 5.41) is 0. The first-order valence-corrected chi connectivity index (χ1v) is 18.9. The van der Waals surface area contributed by atoms with E-state index in [1.54, 1.807) is 0 Å². The summed E-state index contributed by atoms with van der Waals surface area (Å²) in [5.74, 6) is 0. The van der Waals surface area contributed by atoms with E-state index in [4.69, 9.17) is 4.18 Å². The Kier molecular flexibility index (Phi) is 22.1. The van der Waals surface area contributed by atoms with E-state index in [0.29, 0.717) is 12.8 Å². The topological polar surface area (TPSA) is 43.4 Å². The van der Waals surface area contributed by atoms with Gasteiger partial charge in [-0.15, -0.1) is 0 Å². The second kappa shape index (κ2) is 23.2. The minimum atomic E-state index is -3.69. The maximum atomic E-state index is 12.6. The predicted octanol–water partition coefficient (Wildman–Crippen LogP) is 13.0. The summed E-state index contributed by atoms with van der Waals surface area (Å²) in [4.78, 5) is 0. The first-order valence-electron chi connectivity index (χ1n) is 17.0. The molecule has 0 aliphatic carbocycles. The van der Waals surface area contributed by atoms with Crippen LogP contribution in [0.25, 0.3) is 0 Å². The molecule has 0 rings (SSSR count). The van der Waals surface area contributed by atoms with Crippen LogP contribution >= 0.6 is 0 Å². The Labute approximate surface area is 280 Å². The van der Waals surface area contributed by atoms with Gasteiger partial charge in [0.2, 0.25) is 0 Å². The Morgan fingerprint density at radius 1 is 0.467 bits per heavy atom. The number of hydrogen-bond acceptors (Lipinski definition) is 3. The molecule has 0 fully saturated rings. The third-order valence-corrected chi connectivity index (χ3v) is 8.39. The summed E-state index contributed by atoms with van der Waals surface area (Å²) in [6.45, 7) is 23.6. The zero-order chi connectivity index (χ0) is 34.5. The average Bonchev–Trinajstić information content (AvgIpc) is 2.89. The molecular weight excluding hydrogens is 573 g/mol. The molecule has 0 atom stereocenters. The van der Waals surface area contributed by atoms with Crippen molar-refractivity contribution in [3.05, 3.63) is 93.2 Å². The zero-order valence-corrected chi connectivity index (χ0v) is 32.1. The largest absolute Gasteiger partial charge is 0.265 e. The lowest BCUT2D eigenvalue weighted by molar-refractivity contribution is 0.134. The number of allylic oxidation sites excluding steroid dienone is 13. The molecule has 0 saturated carbocycles. The van der Waals surface area contributed by atoms with E-state index in [1.807, 2.05) is 0 Å². The molecule has 0 amide bonds. The van der Waals surface area contributed by atoms with Crippen molar-refractivity contribution in [1.82, 2.24) is 0 Å². The van der Waals surface area contributed by atoms with E-state index in [-0.39, 0.29) is 0 Å². The van der Waals surface area contributed by atoms with Gasteiger partial charge in [0.15, 0.2) is 0 Å². The van der Waals surface area contributed by atoms with Gasteiger partial charge in [0.1, 0.15) is 5.60 Å². The molecule has 0 saturated heterocycles. The van der Waals surface area contributed by atoms with Gasteiger partial charge in [0.05, 0.1) is 6.26 Å². The first kappa shape index (κ1) is 42.8. The molecule has 0 radical (unpaired) electrons. The molecule has 0 aromatic heterocycles. The van der Waals surface area contributed by atoms with Crippen molar-refractivity contribution in [3.8, 4) is 0 Å². The van der Waals surface area contributed by atoms with Crippen molar-refractivity contribution in [1.29, 1.82) is 0 Å². The summed E-state index contributed by atoms with van der Waals surface area (Å²) in [6, 6.07) is 0. The van der Waals surface area contributed by atoms with E-state index < -0.39 is 15.7 Å². The summed E-state index contributed by atoms with van der Waals surface area (Å²) >= 11 is 0. The number of hydrogen-bond donors (Lipinski definition) is 0. The summed E-state index contributed by atoms with van der Waals surface area (Å²) in [6.07, 6.45) is 30.2. The van der Waals surface area contributed by atoms with Gasteiger partial charge in [0, 0.05) is 12.8 Å². The Balaban J connectivity index is 5.98. The fraction of sp³-hybridized carbons (Fsp3) is 0.610.